The van der Waals surface area contributed by atoms with Gasteiger partial charge >= 0.3 is 6.03 Å². The molecule has 0 spiro atoms. The molecule has 1 aliphatic heterocycles. The summed E-state index contributed by atoms with van der Waals surface area (Å²) in [6.45, 7) is 8.77. The van der Waals surface area contributed by atoms with Gasteiger partial charge in [0.25, 0.3) is 0 Å². The van der Waals surface area contributed by atoms with E-state index in [0.717, 1.165) is 49.7 Å². The summed E-state index contributed by atoms with van der Waals surface area (Å²) in [5.41, 5.74) is 1.73. The van der Waals surface area contributed by atoms with Crippen LogP contribution in [0.2, 0.25) is 0 Å². The molecular formula is C17H24N4O2. The second-order valence-corrected chi connectivity index (χ2v) is 6.42. The first-order valence-electron chi connectivity index (χ1n) is 8.21. The number of aromatic nitrogens is 1. The van der Waals surface area contributed by atoms with Crippen LogP contribution in [-0.2, 0) is 6.54 Å². The van der Waals surface area contributed by atoms with Gasteiger partial charge in [-0.05, 0) is 18.1 Å². The largest absolute Gasteiger partial charge is 0.439 e. The topological polar surface area (TPSA) is 61.6 Å². The van der Waals surface area contributed by atoms with E-state index in [9.17, 15) is 4.79 Å². The van der Waals surface area contributed by atoms with Gasteiger partial charge in [0.2, 0.25) is 5.89 Å². The summed E-state index contributed by atoms with van der Waals surface area (Å²) in [4.78, 5) is 20.7. The number of benzene rings is 1. The third kappa shape index (κ3) is 4.01. The molecule has 1 aromatic heterocycles. The molecule has 2 amide bonds. The second-order valence-electron chi connectivity index (χ2n) is 6.42. The molecule has 0 unspecified atom stereocenters. The fourth-order valence-corrected chi connectivity index (χ4v) is 2.69. The highest BCUT2D eigenvalue weighted by molar-refractivity contribution is 5.74. The van der Waals surface area contributed by atoms with Gasteiger partial charge in [0.1, 0.15) is 5.52 Å². The molecule has 0 radical (unpaired) electrons. The second kappa shape index (κ2) is 7.00. The summed E-state index contributed by atoms with van der Waals surface area (Å²) >= 11 is 0. The molecule has 23 heavy (non-hydrogen) atoms. The fourth-order valence-electron chi connectivity index (χ4n) is 2.69. The summed E-state index contributed by atoms with van der Waals surface area (Å²) in [5.74, 6) is 1.21. The lowest BCUT2D eigenvalue weighted by Crippen LogP contribution is -2.51. The number of fused-ring (bicyclic) bond motifs is 1. The molecule has 1 saturated heterocycles. The number of rotatable bonds is 4. The van der Waals surface area contributed by atoms with E-state index in [-0.39, 0.29) is 6.03 Å². The minimum atomic E-state index is 0.0419. The van der Waals surface area contributed by atoms with Gasteiger partial charge in [0, 0.05) is 32.7 Å². The molecule has 1 aromatic carbocycles. The van der Waals surface area contributed by atoms with Crippen molar-refractivity contribution in [3.8, 4) is 0 Å². The van der Waals surface area contributed by atoms with Crippen molar-refractivity contribution in [2.24, 2.45) is 5.92 Å². The smallest absolute Gasteiger partial charge is 0.317 e. The number of oxazole rings is 1. The summed E-state index contributed by atoms with van der Waals surface area (Å²) in [6.07, 6.45) is 0. The van der Waals surface area contributed by atoms with Crippen molar-refractivity contribution < 1.29 is 9.21 Å². The average molecular weight is 316 g/mol. The molecule has 0 aliphatic carbocycles. The van der Waals surface area contributed by atoms with E-state index < -0.39 is 0 Å². The van der Waals surface area contributed by atoms with E-state index in [2.05, 4.69) is 29.0 Å². The van der Waals surface area contributed by atoms with Crippen LogP contribution in [0.4, 0.5) is 4.79 Å². The predicted octanol–water partition coefficient (Wildman–Crippen LogP) is 2.31. The van der Waals surface area contributed by atoms with Crippen molar-refractivity contribution in [1.82, 2.24) is 20.1 Å². The molecule has 0 atom stereocenters. The normalized spacial score (nSPS) is 16.2. The van der Waals surface area contributed by atoms with Gasteiger partial charge in [0.05, 0.1) is 6.54 Å². The Morgan fingerprint density at radius 2 is 2.00 bits per heavy atom. The third-order valence-corrected chi connectivity index (χ3v) is 4.02. The van der Waals surface area contributed by atoms with Crippen LogP contribution >= 0.6 is 0 Å². The lowest BCUT2D eigenvalue weighted by molar-refractivity contribution is 0.129. The third-order valence-electron chi connectivity index (χ3n) is 4.02. The lowest BCUT2D eigenvalue weighted by Gasteiger charge is -2.34. The van der Waals surface area contributed by atoms with Crippen molar-refractivity contribution in [3.05, 3.63) is 30.2 Å². The Bertz CT molecular complexity index is 626. The number of urea groups is 1. The Morgan fingerprint density at radius 1 is 1.26 bits per heavy atom. The van der Waals surface area contributed by atoms with Crippen LogP contribution in [0.5, 0.6) is 0 Å². The molecular weight excluding hydrogens is 292 g/mol. The molecule has 124 valence electrons. The minimum Gasteiger partial charge on any atom is -0.439 e. The molecule has 6 nitrogen and oxygen atoms in total. The summed E-state index contributed by atoms with van der Waals surface area (Å²) in [7, 11) is 0. The van der Waals surface area contributed by atoms with E-state index >= 15 is 0 Å². The maximum atomic E-state index is 12.1. The van der Waals surface area contributed by atoms with E-state index in [1.165, 1.54) is 0 Å². The highest BCUT2D eigenvalue weighted by Crippen LogP contribution is 2.16. The number of hydrogen-bond acceptors (Lipinski definition) is 4. The quantitative estimate of drug-likeness (QED) is 0.940. The lowest BCUT2D eigenvalue weighted by atomic mass is 10.2. The summed E-state index contributed by atoms with van der Waals surface area (Å²) in [6, 6.07) is 7.84. The van der Waals surface area contributed by atoms with Crippen molar-refractivity contribution in [2.45, 2.75) is 20.4 Å². The Hall–Kier alpha value is -2.08. The maximum Gasteiger partial charge on any atom is 0.317 e. The van der Waals surface area contributed by atoms with Crippen molar-refractivity contribution >= 4 is 17.1 Å². The van der Waals surface area contributed by atoms with E-state index in [1.807, 2.05) is 29.2 Å². The zero-order valence-electron chi connectivity index (χ0n) is 13.8. The summed E-state index contributed by atoms with van der Waals surface area (Å²) in [5, 5.41) is 2.97. The zero-order chi connectivity index (χ0) is 16.2. The molecule has 1 fully saturated rings. The number of piperazine rings is 1. The summed E-state index contributed by atoms with van der Waals surface area (Å²) < 4.78 is 5.76. The maximum absolute atomic E-state index is 12.1. The molecule has 2 heterocycles. The Balaban J connectivity index is 1.50. The van der Waals surface area contributed by atoms with E-state index in [4.69, 9.17) is 4.42 Å². The van der Waals surface area contributed by atoms with Crippen molar-refractivity contribution in [2.75, 3.05) is 32.7 Å². The average Bonchev–Trinajstić information content (AvgIpc) is 2.95. The molecule has 6 heteroatoms. The van der Waals surface area contributed by atoms with E-state index in [0.29, 0.717) is 12.5 Å². The van der Waals surface area contributed by atoms with Gasteiger partial charge in [-0.2, -0.15) is 0 Å². The van der Waals surface area contributed by atoms with Crippen molar-refractivity contribution in [1.29, 1.82) is 0 Å². The predicted molar refractivity (Wildman–Crippen MR) is 89.1 cm³/mol. The number of carbonyl (C=O) groups excluding carboxylic acids is 1. The highest BCUT2D eigenvalue weighted by atomic mass is 16.3. The Labute approximate surface area is 136 Å². The fraction of sp³-hybridized carbons (Fsp3) is 0.529. The number of nitrogens with one attached hydrogen (secondary N) is 1. The first-order valence-corrected chi connectivity index (χ1v) is 8.21. The highest BCUT2D eigenvalue weighted by Gasteiger charge is 2.22. The van der Waals surface area contributed by atoms with Crippen molar-refractivity contribution in [3.63, 3.8) is 0 Å². The van der Waals surface area contributed by atoms with Gasteiger partial charge in [-0.1, -0.05) is 26.0 Å². The molecule has 1 aliphatic rings. The van der Waals surface area contributed by atoms with Gasteiger partial charge in [0.15, 0.2) is 5.58 Å². The number of carbonyl (C=O) groups is 1. The van der Waals surface area contributed by atoms with Crippen LogP contribution in [-0.4, -0.2) is 53.5 Å². The van der Waals surface area contributed by atoms with E-state index in [1.54, 1.807) is 0 Å². The van der Waals surface area contributed by atoms with Crippen LogP contribution in [0.15, 0.2) is 28.7 Å². The number of hydrogen-bond donors (Lipinski definition) is 1. The molecule has 3 rings (SSSR count). The first kappa shape index (κ1) is 15.8. The molecule has 2 aromatic rings. The van der Waals surface area contributed by atoms with Crippen LogP contribution in [0.3, 0.4) is 0 Å². The van der Waals surface area contributed by atoms with Gasteiger partial charge < -0.3 is 14.6 Å². The zero-order valence-corrected chi connectivity index (χ0v) is 13.8. The standard InChI is InChI=1S/C17H24N4O2/c1-13(2)11-18-17(22)21-9-7-20(8-10-21)12-16-19-14-5-3-4-6-15(14)23-16/h3-6,13H,7-12H2,1-2H3,(H,18,22). The van der Waals surface area contributed by atoms with Crippen LogP contribution in [0.1, 0.15) is 19.7 Å². The van der Waals surface area contributed by atoms with Crippen LogP contribution in [0, 0.1) is 5.92 Å². The monoisotopic (exact) mass is 316 g/mol. The van der Waals surface area contributed by atoms with Gasteiger partial charge in [-0.25, -0.2) is 9.78 Å². The Kier molecular flexibility index (Phi) is 4.81. The number of amides is 2. The molecule has 0 bridgehead atoms. The van der Waals surface area contributed by atoms with Gasteiger partial charge in [-0.3, -0.25) is 4.90 Å². The molecule has 1 N–H and O–H groups in total. The Morgan fingerprint density at radius 3 is 2.70 bits per heavy atom. The SMILES string of the molecule is CC(C)CNC(=O)N1CCN(Cc2nc3ccccc3o2)CC1. The van der Waals surface area contributed by atoms with Crippen LogP contribution in [0.25, 0.3) is 11.1 Å². The minimum absolute atomic E-state index is 0.0419. The first-order chi connectivity index (χ1) is 11.1. The van der Waals surface area contributed by atoms with Gasteiger partial charge in [-0.15, -0.1) is 0 Å². The molecule has 0 saturated carbocycles. The number of para-hydroxylation sites is 2. The van der Waals surface area contributed by atoms with Crippen LogP contribution < -0.4 is 5.32 Å². The number of nitrogens with zero attached hydrogens (tertiary/aromatic N) is 3.